The lowest BCUT2D eigenvalue weighted by Crippen LogP contribution is -2.07. The van der Waals surface area contributed by atoms with Crippen LogP contribution >= 0.6 is 0 Å². The average molecular weight is 188 g/mol. The lowest BCUT2D eigenvalue weighted by atomic mass is 10.0. The molecule has 1 aromatic rings. The molecule has 0 bridgehead atoms. The molecule has 0 fully saturated rings. The average Bonchev–Trinajstić information content (AvgIpc) is 2.59. The topological polar surface area (TPSA) is 59.0 Å². The van der Waals surface area contributed by atoms with Crippen molar-refractivity contribution < 1.29 is 4.74 Å². The van der Waals surface area contributed by atoms with E-state index in [0.29, 0.717) is 11.3 Å². The van der Waals surface area contributed by atoms with Crippen LogP contribution in [0.1, 0.15) is 29.2 Å². The van der Waals surface area contributed by atoms with Gasteiger partial charge in [0.2, 0.25) is 0 Å². The molecule has 2 N–H and O–H groups in total. The molecule has 1 aliphatic carbocycles. The number of fused-ring (bicyclic) bond motifs is 1. The molecule has 0 saturated heterocycles. The fourth-order valence-corrected chi connectivity index (χ4v) is 2.03. The van der Waals surface area contributed by atoms with E-state index in [1.165, 1.54) is 5.56 Å². The molecular weight excluding hydrogens is 176 g/mol. The van der Waals surface area contributed by atoms with Crippen molar-refractivity contribution in [2.24, 2.45) is 5.73 Å². The maximum atomic E-state index is 8.90. The molecule has 0 spiro atoms. The Balaban J connectivity index is 2.64. The zero-order valence-electron chi connectivity index (χ0n) is 8.08. The summed E-state index contributed by atoms with van der Waals surface area (Å²) in [4.78, 5) is 0. The van der Waals surface area contributed by atoms with Gasteiger partial charge in [-0.2, -0.15) is 5.26 Å². The van der Waals surface area contributed by atoms with Gasteiger partial charge in [-0.1, -0.05) is 6.07 Å². The van der Waals surface area contributed by atoms with Crippen molar-refractivity contribution in [2.45, 2.75) is 18.9 Å². The molecule has 3 nitrogen and oxygen atoms in total. The summed E-state index contributed by atoms with van der Waals surface area (Å²) >= 11 is 0. The highest BCUT2D eigenvalue weighted by molar-refractivity contribution is 5.55. The SMILES string of the molecule is COc1c(C#N)ccc2c1[C@@H](N)CC2. The van der Waals surface area contributed by atoms with Crippen LogP contribution in [-0.2, 0) is 6.42 Å². The fourth-order valence-electron chi connectivity index (χ4n) is 2.03. The lowest BCUT2D eigenvalue weighted by Gasteiger charge is -2.12. The molecule has 0 radical (unpaired) electrons. The van der Waals surface area contributed by atoms with Gasteiger partial charge in [-0.15, -0.1) is 0 Å². The number of aryl methyl sites for hydroxylation is 1. The number of hydrogen-bond acceptors (Lipinski definition) is 3. The number of nitrogens with two attached hydrogens (primary N) is 1. The van der Waals surface area contributed by atoms with Crippen LogP contribution in [0.15, 0.2) is 12.1 Å². The van der Waals surface area contributed by atoms with Crippen molar-refractivity contribution >= 4 is 0 Å². The molecule has 72 valence electrons. The Bertz CT molecular complexity index is 406. The van der Waals surface area contributed by atoms with Gasteiger partial charge < -0.3 is 10.5 Å². The van der Waals surface area contributed by atoms with Gasteiger partial charge in [0.05, 0.1) is 12.7 Å². The van der Waals surface area contributed by atoms with Crippen LogP contribution in [0, 0.1) is 11.3 Å². The highest BCUT2D eigenvalue weighted by atomic mass is 16.5. The third-order valence-electron chi connectivity index (χ3n) is 2.71. The van der Waals surface area contributed by atoms with E-state index in [9.17, 15) is 0 Å². The standard InChI is InChI=1S/C11H12N2O/c1-14-11-8(6-12)3-2-7-4-5-9(13)10(7)11/h2-3,9H,4-5,13H2,1H3/t9-/m0/s1. The first kappa shape index (κ1) is 9.04. The highest BCUT2D eigenvalue weighted by Crippen LogP contribution is 2.38. The van der Waals surface area contributed by atoms with E-state index in [1.54, 1.807) is 13.2 Å². The summed E-state index contributed by atoms with van der Waals surface area (Å²) in [5.41, 5.74) is 8.77. The fraction of sp³-hybridized carbons (Fsp3) is 0.364. The maximum Gasteiger partial charge on any atom is 0.141 e. The van der Waals surface area contributed by atoms with Crippen molar-refractivity contribution in [3.63, 3.8) is 0 Å². The van der Waals surface area contributed by atoms with Gasteiger partial charge >= 0.3 is 0 Å². The summed E-state index contributed by atoms with van der Waals surface area (Å²) < 4.78 is 5.25. The largest absolute Gasteiger partial charge is 0.495 e. The Morgan fingerprint density at radius 3 is 3.00 bits per heavy atom. The van der Waals surface area contributed by atoms with Gasteiger partial charge in [0, 0.05) is 11.6 Å². The van der Waals surface area contributed by atoms with E-state index in [4.69, 9.17) is 15.7 Å². The number of methoxy groups -OCH3 is 1. The minimum atomic E-state index is 0.0215. The lowest BCUT2D eigenvalue weighted by molar-refractivity contribution is 0.405. The molecular formula is C11H12N2O. The predicted molar refractivity (Wildman–Crippen MR) is 53.0 cm³/mol. The number of benzene rings is 1. The van der Waals surface area contributed by atoms with Crippen LogP contribution < -0.4 is 10.5 Å². The van der Waals surface area contributed by atoms with Gasteiger partial charge in [0.25, 0.3) is 0 Å². The molecule has 0 amide bonds. The summed E-state index contributed by atoms with van der Waals surface area (Å²) in [6.45, 7) is 0. The number of rotatable bonds is 1. The molecule has 14 heavy (non-hydrogen) atoms. The quantitative estimate of drug-likeness (QED) is 0.726. The molecule has 0 unspecified atom stereocenters. The second-order valence-electron chi connectivity index (χ2n) is 3.48. The second-order valence-corrected chi connectivity index (χ2v) is 3.48. The number of hydrogen-bond donors (Lipinski definition) is 1. The van der Waals surface area contributed by atoms with E-state index in [0.717, 1.165) is 18.4 Å². The summed E-state index contributed by atoms with van der Waals surface area (Å²) in [5, 5.41) is 8.90. The maximum absolute atomic E-state index is 8.90. The normalized spacial score (nSPS) is 18.8. The third kappa shape index (κ3) is 1.16. The molecule has 2 rings (SSSR count). The Morgan fingerprint density at radius 2 is 2.36 bits per heavy atom. The number of nitriles is 1. The Labute approximate surface area is 83.1 Å². The molecule has 1 aliphatic rings. The van der Waals surface area contributed by atoms with Crippen LogP contribution in [-0.4, -0.2) is 7.11 Å². The van der Waals surface area contributed by atoms with E-state index in [1.807, 2.05) is 6.07 Å². The van der Waals surface area contributed by atoms with Gasteiger partial charge in [-0.3, -0.25) is 0 Å². The monoisotopic (exact) mass is 188 g/mol. The van der Waals surface area contributed by atoms with Gasteiger partial charge in [-0.25, -0.2) is 0 Å². The van der Waals surface area contributed by atoms with Crippen molar-refractivity contribution in [1.82, 2.24) is 0 Å². The molecule has 3 heteroatoms. The molecule has 1 atom stereocenters. The smallest absolute Gasteiger partial charge is 0.141 e. The molecule has 0 aliphatic heterocycles. The van der Waals surface area contributed by atoms with Crippen molar-refractivity contribution in [2.75, 3.05) is 7.11 Å². The second kappa shape index (κ2) is 3.32. The first-order valence-electron chi connectivity index (χ1n) is 4.63. The summed E-state index contributed by atoms with van der Waals surface area (Å²) in [7, 11) is 1.58. The predicted octanol–water partition coefficient (Wildman–Crippen LogP) is 1.51. The Hall–Kier alpha value is -1.53. The Kier molecular flexibility index (Phi) is 2.14. The van der Waals surface area contributed by atoms with Crippen LogP contribution in [0.3, 0.4) is 0 Å². The zero-order chi connectivity index (χ0) is 10.1. The first-order valence-corrected chi connectivity index (χ1v) is 4.63. The number of nitrogens with zero attached hydrogens (tertiary/aromatic N) is 1. The minimum Gasteiger partial charge on any atom is -0.495 e. The highest BCUT2D eigenvalue weighted by Gasteiger charge is 2.24. The summed E-state index contributed by atoms with van der Waals surface area (Å²) in [6.07, 6.45) is 1.93. The van der Waals surface area contributed by atoms with Crippen LogP contribution in [0.2, 0.25) is 0 Å². The van der Waals surface area contributed by atoms with Crippen molar-refractivity contribution in [1.29, 1.82) is 5.26 Å². The molecule has 1 aromatic carbocycles. The van der Waals surface area contributed by atoms with Crippen LogP contribution in [0.4, 0.5) is 0 Å². The van der Waals surface area contributed by atoms with E-state index < -0.39 is 0 Å². The van der Waals surface area contributed by atoms with Crippen LogP contribution in [0.25, 0.3) is 0 Å². The van der Waals surface area contributed by atoms with Crippen molar-refractivity contribution in [3.05, 3.63) is 28.8 Å². The van der Waals surface area contributed by atoms with Gasteiger partial charge in [-0.05, 0) is 24.5 Å². The first-order chi connectivity index (χ1) is 6.77. The van der Waals surface area contributed by atoms with Gasteiger partial charge in [0.15, 0.2) is 0 Å². The zero-order valence-corrected chi connectivity index (χ0v) is 8.08. The minimum absolute atomic E-state index is 0.0215. The van der Waals surface area contributed by atoms with Crippen LogP contribution in [0.5, 0.6) is 5.75 Å². The molecule has 0 heterocycles. The van der Waals surface area contributed by atoms with Gasteiger partial charge in [0.1, 0.15) is 11.8 Å². The third-order valence-corrected chi connectivity index (χ3v) is 2.71. The summed E-state index contributed by atoms with van der Waals surface area (Å²) in [5.74, 6) is 0.662. The Morgan fingerprint density at radius 1 is 1.57 bits per heavy atom. The number of ether oxygens (including phenoxy) is 1. The molecule has 0 aromatic heterocycles. The summed E-state index contributed by atoms with van der Waals surface area (Å²) in [6, 6.07) is 5.91. The van der Waals surface area contributed by atoms with E-state index in [2.05, 4.69) is 6.07 Å². The molecule has 0 saturated carbocycles. The van der Waals surface area contributed by atoms with E-state index in [-0.39, 0.29) is 6.04 Å². The van der Waals surface area contributed by atoms with E-state index >= 15 is 0 Å². The van der Waals surface area contributed by atoms with Crippen molar-refractivity contribution in [3.8, 4) is 11.8 Å².